The molecule has 6 rings (SSSR count). The van der Waals surface area contributed by atoms with Crippen molar-refractivity contribution in [2.45, 2.75) is 44.2 Å². The Bertz CT molecular complexity index is 728. The van der Waals surface area contributed by atoms with E-state index in [1.165, 1.54) is 25.7 Å². The summed E-state index contributed by atoms with van der Waals surface area (Å²) in [6.07, 6.45) is 5.20. The standard InChI is InChI=1S/C21H27N3O3/c25-20(22-10-14-1-2-15(11-22)4-3-14)16-5-7-17(8-6-16)23-12-19-9-18(23)13-24(19)21(26)27/h5-8,14-15,18-19H,1-4,9-13H2,(H,26,27). The number of anilines is 1. The van der Waals surface area contributed by atoms with Crippen LogP contribution in [0.5, 0.6) is 0 Å². The van der Waals surface area contributed by atoms with Gasteiger partial charge >= 0.3 is 6.09 Å². The van der Waals surface area contributed by atoms with Gasteiger partial charge in [-0.2, -0.15) is 0 Å². The summed E-state index contributed by atoms with van der Waals surface area (Å²) in [4.78, 5) is 30.2. The summed E-state index contributed by atoms with van der Waals surface area (Å²) in [5.41, 5.74) is 1.87. The normalized spacial score (nSPS) is 32.1. The molecule has 27 heavy (non-hydrogen) atoms. The molecule has 1 aliphatic carbocycles. The Hall–Kier alpha value is -2.24. The van der Waals surface area contributed by atoms with Gasteiger partial charge in [-0.25, -0.2) is 4.79 Å². The zero-order valence-corrected chi connectivity index (χ0v) is 15.6. The van der Waals surface area contributed by atoms with E-state index in [1.54, 1.807) is 4.90 Å². The maximum Gasteiger partial charge on any atom is 0.407 e. The molecule has 6 nitrogen and oxygen atoms in total. The molecule has 1 saturated carbocycles. The van der Waals surface area contributed by atoms with Crippen LogP contribution >= 0.6 is 0 Å². The van der Waals surface area contributed by atoms with E-state index in [9.17, 15) is 14.7 Å². The molecule has 0 radical (unpaired) electrons. The highest BCUT2D eigenvalue weighted by atomic mass is 16.4. The Morgan fingerprint density at radius 2 is 1.48 bits per heavy atom. The van der Waals surface area contributed by atoms with Crippen LogP contribution in [-0.2, 0) is 0 Å². The number of hydrogen-bond donors (Lipinski definition) is 1. The number of carboxylic acid groups (broad SMARTS) is 1. The number of likely N-dealkylation sites (tertiary alicyclic amines) is 1. The molecule has 144 valence electrons. The molecule has 2 amide bonds. The second kappa shape index (κ2) is 6.43. The quantitative estimate of drug-likeness (QED) is 0.871. The summed E-state index contributed by atoms with van der Waals surface area (Å²) in [7, 11) is 0. The van der Waals surface area contributed by atoms with E-state index < -0.39 is 6.09 Å². The van der Waals surface area contributed by atoms with Crippen LogP contribution in [0.15, 0.2) is 24.3 Å². The van der Waals surface area contributed by atoms with Gasteiger partial charge in [0.25, 0.3) is 5.91 Å². The zero-order chi connectivity index (χ0) is 18.5. The van der Waals surface area contributed by atoms with Gasteiger partial charge in [0.1, 0.15) is 0 Å². The predicted octanol–water partition coefficient (Wildman–Crippen LogP) is 2.89. The molecule has 4 heterocycles. The third kappa shape index (κ3) is 2.95. The van der Waals surface area contributed by atoms with Crippen molar-refractivity contribution >= 4 is 17.7 Å². The second-order valence-corrected chi connectivity index (χ2v) is 8.77. The fourth-order valence-corrected chi connectivity index (χ4v) is 5.66. The van der Waals surface area contributed by atoms with Gasteiger partial charge in [0, 0.05) is 43.5 Å². The highest BCUT2D eigenvalue weighted by Gasteiger charge is 2.45. The molecule has 2 unspecified atom stereocenters. The summed E-state index contributed by atoms with van der Waals surface area (Å²) in [6, 6.07) is 8.32. The Balaban J connectivity index is 1.27. The van der Waals surface area contributed by atoms with E-state index in [0.717, 1.165) is 37.3 Å². The number of nitrogens with zero attached hydrogens (tertiary/aromatic N) is 3. The molecule has 2 atom stereocenters. The first-order valence-electron chi connectivity index (χ1n) is 10.2. The minimum atomic E-state index is -0.811. The summed E-state index contributed by atoms with van der Waals surface area (Å²) in [5.74, 6) is 1.54. The van der Waals surface area contributed by atoms with Crippen molar-refractivity contribution in [1.29, 1.82) is 0 Å². The molecule has 1 N–H and O–H groups in total. The third-order valence-corrected chi connectivity index (χ3v) is 7.14. The molecular formula is C21H27N3O3. The molecular weight excluding hydrogens is 342 g/mol. The van der Waals surface area contributed by atoms with E-state index in [0.29, 0.717) is 18.4 Å². The summed E-state index contributed by atoms with van der Waals surface area (Å²) >= 11 is 0. The first kappa shape index (κ1) is 16.9. The van der Waals surface area contributed by atoms with Crippen LogP contribution in [0, 0.1) is 11.8 Å². The van der Waals surface area contributed by atoms with Crippen molar-refractivity contribution in [3.63, 3.8) is 0 Å². The van der Waals surface area contributed by atoms with Gasteiger partial charge in [-0.15, -0.1) is 0 Å². The maximum atomic E-state index is 13.0. The minimum absolute atomic E-state index is 0.0985. The molecule has 6 heteroatoms. The Kier molecular flexibility index (Phi) is 4.02. The van der Waals surface area contributed by atoms with Gasteiger partial charge in [0.2, 0.25) is 0 Å². The highest BCUT2D eigenvalue weighted by molar-refractivity contribution is 5.94. The SMILES string of the molecule is O=C(c1ccc(N2CC3CC2CN3C(=O)O)cc1)N1CC2CCC(CC2)C1. The van der Waals surface area contributed by atoms with Crippen molar-refractivity contribution in [2.75, 3.05) is 31.1 Å². The highest BCUT2D eigenvalue weighted by Crippen LogP contribution is 2.36. The number of fused-ring (bicyclic) bond motifs is 6. The van der Waals surface area contributed by atoms with Crippen LogP contribution in [0.3, 0.4) is 0 Å². The van der Waals surface area contributed by atoms with Crippen molar-refractivity contribution in [3.8, 4) is 0 Å². The van der Waals surface area contributed by atoms with E-state index in [1.807, 2.05) is 24.3 Å². The summed E-state index contributed by atoms with van der Waals surface area (Å²) in [6.45, 7) is 3.16. The maximum absolute atomic E-state index is 13.0. The van der Waals surface area contributed by atoms with Gasteiger partial charge in [0.05, 0.1) is 6.04 Å². The number of benzene rings is 1. The van der Waals surface area contributed by atoms with Crippen LogP contribution < -0.4 is 4.90 Å². The van der Waals surface area contributed by atoms with Crippen molar-refractivity contribution in [2.24, 2.45) is 11.8 Å². The van der Waals surface area contributed by atoms with E-state index in [4.69, 9.17) is 0 Å². The summed E-state index contributed by atoms with van der Waals surface area (Å²) in [5, 5.41) is 9.24. The number of amides is 2. The summed E-state index contributed by atoms with van der Waals surface area (Å²) < 4.78 is 0. The third-order valence-electron chi connectivity index (χ3n) is 7.14. The second-order valence-electron chi connectivity index (χ2n) is 8.77. The van der Waals surface area contributed by atoms with Gasteiger partial charge in [-0.05, 0) is 68.2 Å². The minimum Gasteiger partial charge on any atom is -0.465 e. The van der Waals surface area contributed by atoms with Crippen molar-refractivity contribution < 1.29 is 14.7 Å². The van der Waals surface area contributed by atoms with E-state index >= 15 is 0 Å². The largest absolute Gasteiger partial charge is 0.465 e. The zero-order valence-electron chi connectivity index (χ0n) is 15.6. The fraction of sp³-hybridized carbons (Fsp3) is 0.619. The van der Waals surface area contributed by atoms with Crippen molar-refractivity contribution in [1.82, 2.24) is 9.80 Å². The first-order chi connectivity index (χ1) is 13.1. The number of carbonyl (C=O) groups excluding carboxylic acids is 1. The molecule has 5 fully saturated rings. The number of carbonyl (C=O) groups is 2. The molecule has 4 aliphatic heterocycles. The average Bonchev–Trinajstić information content (AvgIpc) is 3.16. The van der Waals surface area contributed by atoms with Crippen molar-refractivity contribution in [3.05, 3.63) is 29.8 Å². The van der Waals surface area contributed by atoms with Crippen LogP contribution in [0.4, 0.5) is 10.5 Å². The lowest BCUT2D eigenvalue weighted by atomic mass is 9.84. The van der Waals surface area contributed by atoms with Crippen LogP contribution in [0.1, 0.15) is 42.5 Å². The van der Waals surface area contributed by atoms with E-state index in [2.05, 4.69) is 9.80 Å². The molecule has 0 aromatic heterocycles. The first-order valence-corrected chi connectivity index (χ1v) is 10.2. The Morgan fingerprint density at radius 3 is 2.00 bits per heavy atom. The monoisotopic (exact) mass is 369 g/mol. The van der Waals surface area contributed by atoms with Gasteiger partial charge < -0.3 is 19.8 Å². The lowest BCUT2D eigenvalue weighted by molar-refractivity contribution is 0.0739. The Labute approximate surface area is 159 Å². The van der Waals surface area contributed by atoms with E-state index in [-0.39, 0.29) is 18.0 Å². The molecule has 5 aliphatic rings. The number of hydrogen-bond acceptors (Lipinski definition) is 3. The number of piperazine rings is 1. The van der Waals surface area contributed by atoms with Crippen LogP contribution in [0.2, 0.25) is 0 Å². The van der Waals surface area contributed by atoms with Gasteiger partial charge in [0.15, 0.2) is 0 Å². The van der Waals surface area contributed by atoms with Gasteiger partial charge in [-0.3, -0.25) is 4.79 Å². The Morgan fingerprint density at radius 1 is 0.852 bits per heavy atom. The average molecular weight is 369 g/mol. The smallest absolute Gasteiger partial charge is 0.407 e. The fourth-order valence-electron chi connectivity index (χ4n) is 5.66. The molecule has 4 saturated heterocycles. The molecule has 4 bridgehead atoms. The number of rotatable bonds is 2. The molecule has 1 aromatic carbocycles. The van der Waals surface area contributed by atoms with Crippen LogP contribution in [-0.4, -0.2) is 65.2 Å². The lowest BCUT2D eigenvalue weighted by Gasteiger charge is -2.34. The lowest BCUT2D eigenvalue weighted by Crippen LogP contribution is -2.48. The molecule has 0 spiro atoms. The van der Waals surface area contributed by atoms with Crippen LogP contribution in [0.25, 0.3) is 0 Å². The van der Waals surface area contributed by atoms with Gasteiger partial charge in [-0.1, -0.05) is 0 Å². The molecule has 1 aromatic rings. The topological polar surface area (TPSA) is 64.1 Å². The predicted molar refractivity (Wildman–Crippen MR) is 102 cm³/mol.